The Morgan fingerprint density at radius 1 is 0.963 bits per heavy atom. The summed E-state index contributed by atoms with van der Waals surface area (Å²) in [5.41, 5.74) is 0.877. The summed E-state index contributed by atoms with van der Waals surface area (Å²) in [5.74, 6) is 0.724. The zero-order valence-corrected chi connectivity index (χ0v) is 17.6. The fourth-order valence-electron chi connectivity index (χ4n) is 2.13. The van der Waals surface area contributed by atoms with Gasteiger partial charge in [0.15, 0.2) is 6.29 Å². The predicted octanol–water partition coefficient (Wildman–Crippen LogP) is 3.82. The van der Waals surface area contributed by atoms with Crippen LogP contribution in [0.4, 0.5) is 0 Å². The van der Waals surface area contributed by atoms with Crippen molar-refractivity contribution in [1.29, 1.82) is 0 Å². The topological polar surface area (TPSA) is 81.7 Å². The van der Waals surface area contributed by atoms with Crippen LogP contribution in [0.3, 0.4) is 0 Å². The van der Waals surface area contributed by atoms with Gasteiger partial charge in [-0.1, -0.05) is 19.1 Å². The highest BCUT2D eigenvalue weighted by molar-refractivity contribution is 7.48. The molecule has 156 valence electrons. The SMILES string of the molecule is CCOCC(C)COP(=O)(OC)OCCOc1ccc(C(OC)OC)cc1. The lowest BCUT2D eigenvalue weighted by molar-refractivity contribution is -0.106. The molecular weight excluding hydrogens is 375 g/mol. The second-order valence-corrected chi connectivity index (χ2v) is 7.52. The van der Waals surface area contributed by atoms with Gasteiger partial charge in [-0.05, 0) is 19.1 Å². The lowest BCUT2D eigenvalue weighted by Gasteiger charge is -2.18. The van der Waals surface area contributed by atoms with E-state index in [1.807, 2.05) is 26.0 Å². The first-order valence-electron chi connectivity index (χ1n) is 8.78. The average molecular weight is 406 g/mol. The van der Waals surface area contributed by atoms with Gasteiger partial charge in [0.05, 0.1) is 19.8 Å². The highest BCUT2D eigenvalue weighted by atomic mass is 31.2. The first-order chi connectivity index (χ1) is 13.0. The van der Waals surface area contributed by atoms with E-state index in [4.69, 9.17) is 32.5 Å². The minimum absolute atomic E-state index is 0.0610. The van der Waals surface area contributed by atoms with Gasteiger partial charge in [0.2, 0.25) is 0 Å². The molecule has 0 aliphatic rings. The zero-order valence-electron chi connectivity index (χ0n) is 16.7. The summed E-state index contributed by atoms with van der Waals surface area (Å²) in [6, 6.07) is 7.28. The van der Waals surface area contributed by atoms with E-state index >= 15 is 0 Å². The number of hydrogen-bond acceptors (Lipinski definition) is 8. The first-order valence-corrected chi connectivity index (χ1v) is 10.2. The van der Waals surface area contributed by atoms with E-state index in [1.165, 1.54) is 7.11 Å². The minimum atomic E-state index is -3.61. The Bertz CT molecular complexity index is 547. The quantitative estimate of drug-likeness (QED) is 0.247. The van der Waals surface area contributed by atoms with Crippen LogP contribution < -0.4 is 4.74 Å². The Kier molecular flexibility index (Phi) is 11.8. The maximum atomic E-state index is 12.4. The number of phosphoric ester groups is 1. The lowest BCUT2D eigenvalue weighted by Crippen LogP contribution is -2.14. The molecule has 0 N–H and O–H groups in total. The second-order valence-electron chi connectivity index (χ2n) is 5.74. The molecule has 8 nitrogen and oxygen atoms in total. The van der Waals surface area contributed by atoms with Gasteiger partial charge in [-0.15, -0.1) is 0 Å². The summed E-state index contributed by atoms with van der Waals surface area (Å²) >= 11 is 0. The van der Waals surface area contributed by atoms with Crippen molar-refractivity contribution in [1.82, 2.24) is 0 Å². The van der Waals surface area contributed by atoms with Crippen LogP contribution >= 0.6 is 7.82 Å². The van der Waals surface area contributed by atoms with Crippen molar-refractivity contribution >= 4 is 7.82 Å². The molecule has 0 aromatic heterocycles. The summed E-state index contributed by atoms with van der Waals surface area (Å²) in [5, 5.41) is 0. The molecule has 0 bridgehead atoms. The largest absolute Gasteiger partial charge is 0.491 e. The van der Waals surface area contributed by atoms with Gasteiger partial charge in [-0.2, -0.15) is 0 Å². The Labute approximate surface area is 161 Å². The molecule has 2 atom stereocenters. The molecule has 0 amide bonds. The van der Waals surface area contributed by atoms with Gasteiger partial charge in [0.1, 0.15) is 12.4 Å². The van der Waals surface area contributed by atoms with E-state index in [1.54, 1.807) is 26.4 Å². The highest BCUT2D eigenvalue weighted by Gasteiger charge is 2.25. The van der Waals surface area contributed by atoms with Crippen molar-refractivity contribution in [3.8, 4) is 5.75 Å². The Morgan fingerprint density at radius 2 is 1.63 bits per heavy atom. The summed E-state index contributed by atoms with van der Waals surface area (Å²) < 4.78 is 49.1. The molecule has 1 aromatic rings. The van der Waals surface area contributed by atoms with Crippen LogP contribution in [-0.4, -0.2) is 54.4 Å². The monoisotopic (exact) mass is 406 g/mol. The maximum Gasteiger partial charge on any atom is 0.474 e. The van der Waals surface area contributed by atoms with Gasteiger partial charge in [-0.25, -0.2) is 4.57 Å². The summed E-state index contributed by atoms with van der Waals surface area (Å²) in [4.78, 5) is 0. The molecule has 27 heavy (non-hydrogen) atoms. The highest BCUT2D eigenvalue weighted by Crippen LogP contribution is 2.48. The van der Waals surface area contributed by atoms with E-state index in [2.05, 4.69) is 0 Å². The molecule has 2 unspecified atom stereocenters. The molecule has 1 rings (SSSR count). The van der Waals surface area contributed by atoms with Crippen LogP contribution in [0.5, 0.6) is 5.75 Å². The molecule has 9 heteroatoms. The molecular formula is C18H31O8P. The van der Waals surface area contributed by atoms with Crippen LogP contribution in [0.25, 0.3) is 0 Å². The van der Waals surface area contributed by atoms with Crippen LogP contribution in [0.1, 0.15) is 25.7 Å². The van der Waals surface area contributed by atoms with Gasteiger partial charge in [0, 0.05) is 39.4 Å². The van der Waals surface area contributed by atoms with Crippen molar-refractivity contribution in [2.24, 2.45) is 5.92 Å². The number of rotatable bonds is 15. The Hall–Kier alpha value is -0.990. The molecule has 0 heterocycles. The molecule has 0 radical (unpaired) electrons. The summed E-state index contributed by atoms with van der Waals surface area (Å²) in [7, 11) is 0.828. The molecule has 0 aliphatic heterocycles. The average Bonchev–Trinajstić information content (AvgIpc) is 2.70. The third-order valence-electron chi connectivity index (χ3n) is 3.53. The number of ether oxygens (including phenoxy) is 4. The van der Waals surface area contributed by atoms with E-state index in [0.29, 0.717) is 19.0 Å². The maximum absolute atomic E-state index is 12.4. The summed E-state index contributed by atoms with van der Waals surface area (Å²) in [6.45, 7) is 5.46. The lowest BCUT2D eigenvalue weighted by atomic mass is 10.2. The van der Waals surface area contributed by atoms with E-state index in [9.17, 15) is 4.57 Å². The molecule has 0 aliphatic carbocycles. The Morgan fingerprint density at radius 3 is 2.19 bits per heavy atom. The van der Waals surface area contributed by atoms with E-state index in [-0.39, 0.29) is 25.7 Å². The third kappa shape index (κ3) is 9.17. The van der Waals surface area contributed by atoms with Crippen molar-refractivity contribution in [2.45, 2.75) is 20.1 Å². The fourth-order valence-corrected chi connectivity index (χ4v) is 3.15. The molecule has 0 saturated carbocycles. The van der Waals surface area contributed by atoms with E-state index in [0.717, 1.165) is 5.56 Å². The van der Waals surface area contributed by atoms with E-state index < -0.39 is 14.1 Å². The van der Waals surface area contributed by atoms with Gasteiger partial charge in [0.25, 0.3) is 0 Å². The predicted molar refractivity (Wildman–Crippen MR) is 101 cm³/mol. The molecule has 0 fully saturated rings. The number of phosphoric acid groups is 1. The zero-order chi connectivity index (χ0) is 20.1. The smallest absolute Gasteiger partial charge is 0.474 e. The number of hydrogen-bond donors (Lipinski definition) is 0. The minimum Gasteiger partial charge on any atom is -0.491 e. The number of benzene rings is 1. The van der Waals surface area contributed by atoms with Crippen molar-refractivity contribution in [3.63, 3.8) is 0 Å². The van der Waals surface area contributed by atoms with Crippen LogP contribution in [0.15, 0.2) is 24.3 Å². The second kappa shape index (κ2) is 13.2. The van der Waals surface area contributed by atoms with Gasteiger partial charge < -0.3 is 18.9 Å². The normalized spacial score (nSPS) is 14.9. The molecule has 0 saturated heterocycles. The standard InChI is InChI=1S/C18H31O8P/c1-6-23-13-15(2)14-26-27(19,22-5)25-12-11-24-17-9-7-16(8-10-17)18(20-3)21-4/h7-10,15,18H,6,11-14H2,1-5H3. The number of methoxy groups -OCH3 is 2. The van der Waals surface area contributed by atoms with Gasteiger partial charge in [-0.3, -0.25) is 13.6 Å². The van der Waals surface area contributed by atoms with Crippen LogP contribution in [-0.2, 0) is 32.3 Å². The van der Waals surface area contributed by atoms with Crippen molar-refractivity contribution in [3.05, 3.63) is 29.8 Å². The third-order valence-corrected chi connectivity index (χ3v) is 4.94. The van der Waals surface area contributed by atoms with Crippen molar-refractivity contribution < 1.29 is 37.1 Å². The first kappa shape index (κ1) is 24.0. The van der Waals surface area contributed by atoms with Crippen molar-refractivity contribution in [2.75, 3.05) is 54.4 Å². The van der Waals surface area contributed by atoms with Crippen LogP contribution in [0, 0.1) is 5.92 Å². The summed E-state index contributed by atoms with van der Waals surface area (Å²) in [6.07, 6.45) is -0.419. The molecule has 0 spiro atoms. The molecule has 1 aromatic carbocycles. The Balaban J connectivity index is 2.36. The van der Waals surface area contributed by atoms with Crippen LogP contribution in [0.2, 0.25) is 0 Å². The van der Waals surface area contributed by atoms with Gasteiger partial charge >= 0.3 is 7.82 Å². The fraction of sp³-hybridized carbons (Fsp3) is 0.667.